The van der Waals surface area contributed by atoms with Crippen LogP contribution < -0.4 is 5.32 Å². The van der Waals surface area contributed by atoms with Gasteiger partial charge in [0.1, 0.15) is 0 Å². The second-order valence-electron chi connectivity index (χ2n) is 5.75. The Balaban J connectivity index is 1.78. The Kier molecular flexibility index (Phi) is 6.19. The van der Waals surface area contributed by atoms with E-state index in [-0.39, 0.29) is 0 Å². The van der Waals surface area contributed by atoms with Crippen molar-refractivity contribution in [1.82, 2.24) is 5.32 Å². The van der Waals surface area contributed by atoms with Crippen molar-refractivity contribution >= 4 is 11.6 Å². The third kappa shape index (κ3) is 5.16. The van der Waals surface area contributed by atoms with Crippen LogP contribution in [0.15, 0.2) is 24.3 Å². The van der Waals surface area contributed by atoms with Gasteiger partial charge in [0, 0.05) is 11.1 Å². The number of nitrogens with one attached hydrogen (secondary N) is 1. The predicted octanol–water partition coefficient (Wildman–Crippen LogP) is 4.83. The minimum Gasteiger partial charge on any atom is -0.313 e. The van der Waals surface area contributed by atoms with Gasteiger partial charge in [-0.05, 0) is 49.8 Å². The highest BCUT2D eigenvalue weighted by Gasteiger charge is 2.30. The number of hydrogen-bond donors (Lipinski definition) is 1. The van der Waals surface area contributed by atoms with Crippen molar-refractivity contribution in [2.24, 2.45) is 5.92 Å². The smallest absolute Gasteiger partial charge is 0.0438 e. The van der Waals surface area contributed by atoms with Crippen molar-refractivity contribution in [1.29, 1.82) is 0 Å². The number of unbranched alkanes of at least 4 members (excludes halogenated alkanes) is 3. The molecule has 1 atom stereocenters. The Labute approximate surface area is 122 Å². The first kappa shape index (κ1) is 14.9. The molecule has 1 fully saturated rings. The van der Waals surface area contributed by atoms with Crippen LogP contribution in [-0.4, -0.2) is 12.6 Å². The van der Waals surface area contributed by atoms with Crippen LogP contribution in [0.4, 0.5) is 0 Å². The molecule has 1 unspecified atom stereocenters. The maximum Gasteiger partial charge on any atom is 0.0438 e. The Morgan fingerprint density at radius 3 is 2.68 bits per heavy atom. The van der Waals surface area contributed by atoms with Crippen molar-refractivity contribution in [3.63, 3.8) is 0 Å². The van der Waals surface area contributed by atoms with E-state index >= 15 is 0 Å². The molecule has 106 valence electrons. The lowest BCUT2D eigenvalue weighted by Gasteiger charge is -2.19. The maximum atomic E-state index is 6.27. The van der Waals surface area contributed by atoms with E-state index in [1.807, 2.05) is 12.1 Å². The zero-order chi connectivity index (χ0) is 13.5. The van der Waals surface area contributed by atoms with Gasteiger partial charge >= 0.3 is 0 Å². The molecule has 0 amide bonds. The molecule has 0 aliphatic heterocycles. The molecule has 0 saturated heterocycles. The van der Waals surface area contributed by atoms with Gasteiger partial charge in [-0.3, -0.25) is 0 Å². The van der Waals surface area contributed by atoms with Crippen molar-refractivity contribution in [2.75, 3.05) is 6.54 Å². The Bertz CT molecular complexity index is 373. The number of benzene rings is 1. The minimum atomic E-state index is 0.626. The van der Waals surface area contributed by atoms with Crippen LogP contribution in [0, 0.1) is 5.92 Å². The summed E-state index contributed by atoms with van der Waals surface area (Å²) in [6, 6.07) is 8.89. The molecule has 0 heterocycles. The molecule has 0 aromatic heterocycles. The lowest BCUT2D eigenvalue weighted by Crippen LogP contribution is -2.34. The molecule has 1 nitrogen and oxygen atoms in total. The van der Waals surface area contributed by atoms with Gasteiger partial charge in [0.2, 0.25) is 0 Å². The minimum absolute atomic E-state index is 0.626. The summed E-state index contributed by atoms with van der Waals surface area (Å²) in [4.78, 5) is 0. The first-order valence-electron chi connectivity index (χ1n) is 7.78. The number of rotatable bonds is 9. The van der Waals surface area contributed by atoms with Crippen LogP contribution in [-0.2, 0) is 6.42 Å². The van der Waals surface area contributed by atoms with Crippen molar-refractivity contribution in [2.45, 2.75) is 57.9 Å². The molecule has 1 N–H and O–H groups in total. The average Bonchev–Trinajstić information content (AvgIpc) is 3.24. The SMILES string of the molecule is CCCCCCNC(Cc1ccccc1Cl)C1CC1. The fourth-order valence-corrected chi connectivity index (χ4v) is 2.86. The second-order valence-corrected chi connectivity index (χ2v) is 6.16. The highest BCUT2D eigenvalue weighted by molar-refractivity contribution is 6.31. The van der Waals surface area contributed by atoms with Crippen LogP contribution in [0.3, 0.4) is 0 Å². The molecular formula is C17H26ClN. The van der Waals surface area contributed by atoms with E-state index < -0.39 is 0 Å². The van der Waals surface area contributed by atoms with Gasteiger partial charge < -0.3 is 5.32 Å². The molecule has 19 heavy (non-hydrogen) atoms. The highest BCUT2D eigenvalue weighted by atomic mass is 35.5. The van der Waals surface area contributed by atoms with Gasteiger partial charge in [0.15, 0.2) is 0 Å². The summed E-state index contributed by atoms with van der Waals surface area (Å²) in [5, 5.41) is 4.68. The number of halogens is 1. The predicted molar refractivity (Wildman–Crippen MR) is 83.8 cm³/mol. The fourth-order valence-electron chi connectivity index (χ4n) is 2.64. The summed E-state index contributed by atoms with van der Waals surface area (Å²) < 4.78 is 0. The summed E-state index contributed by atoms with van der Waals surface area (Å²) in [5.74, 6) is 0.877. The zero-order valence-corrected chi connectivity index (χ0v) is 12.8. The van der Waals surface area contributed by atoms with E-state index in [1.54, 1.807) is 0 Å². The standard InChI is InChI=1S/C17H26ClN/c1-2-3-4-7-12-19-17(14-10-11-14)13-15-8-5-6-9-16(15)18/h5-6,8-9,14,17,19H,2-4,7,10-13H2,1H3. The lowest BCUT2D eigenvalue weighted by molar-refractivity contribution is 0.448. The van der Waals surface area contributed by atoms with E-state index in [0.717, 1.165) is 23.9 Å². The van der Waals surface area contributed by atoms with E-state index in [9.17, 15) is 0 Å². The molecule has 1 aliphatic carbocycles. The van der Waals surface area contributed by atoms with E-state index in [2.05, 4.69) is 24.4 Å². The van der Waals surface area contributed by atoms with Crippen LogP contribution >= 0.6 is 11.6 Å². The van der Waals surface area contributed by atoms with Gasteiger partial charge in [0.25, 0.3) is 0 Å². The van der Waals surface area contributed by atoms with Gasteiger partial charge in [-0.1, -0.05) is 56.0 Å². The molecule has 0 bridgehead atoms. The van der Waals surface area contributed by atoms with Crippen molar-refractivity contribution < 1.29 is 0 Å². The molecule has 1 saturated carbocycles. The monoisotopic (exact) mass is 279 g/mol. The molecule has 0 radical (unpaired) electrons. The van der Waals surface area contributed by atoms with Crippen molar-refractivity contribution in [3.05, 3.63) is 34.9 Å². The molecule has 1 aromatic carbocycles. The normalized spacial score (nSPS) is 16.5. The Morgan fingerprint density at radius 2 is 2.00 bits per heavy atom. The largest absolute Gasteiger partial charge is 0.313 e. The second kappa shape index (κ2) is 7.91. The summed E-state index contributed by atoms with van der Waals surface area (Å²) in [6.07, 6.45) is 9.19. The van der Waals surface area contributed by atoms with Gasteiger partial charge in [0.05, 0.1) is 0 Å². The highest BCUT2D eigenvalue weighted by Crippen LogP contribution is 2.34. The third-order valence-electron chi connectivity index (χ3n) is 4.03. The summed E-state index contributed by atoms with van der Waals surface area (Å²) in [6.45, 7) is 3.42. The molecule has 1 aliphatic rings. The molecule has 1 aromatic rings. The summed E-state index contributed by atoms with van der Waals surface area (Å²) in [5.41, 5.74) is 1.29. The third-order valence-corrected chi connectivity index (χ3v) is 4.39. The van der Waals surface area contributed by atoms with E-state index in [4.69, 9.17) is 11.6 Å². The van der Waals surface area contributed by atoms with Crippen LogP contribution in [0.2, 0.25) is 5.02 Å². The molecule has 0 spiro atoms. The first-order chi connectivity index (χ1) is 9.31. The Morgan fingerprint density at radius 1 is 1.21 bits per heavy atom. The molecular weight excluding hydrogens is 254 g/mol. The van der Waals surface area contributed by atoms with Crippen LogP contribution in [0.5, 0.6) is 0 Å². The topological polar surface area (TPSA) is 12.0 Å². The quantitative estimate of drug-likeness (QED) is 0.639. The van der Waals surface area contributed by atoms with Crippen LogP contribution in [0.1, 0.15) is 51.0 Å². The van der Waals surface area contributed by atoms with Crippen LogP contribution in [0.25, 0.3) is 0 Å². The Hall–Kier alpha value is -0.530. The lowest BCUT2D eigenvalue weighted by atomic mass is 10.0. The average molecular weight is 280 g/mol. The maximum absolute atomic E-state index is 6.27. The van der Waals surface area contributed by atoms with Gasteiger partial charge in [-0.25, -0.2) is 0 Å². The summed E-state index contributed by atoms with van der Waals surface area (Å²) >= 11 is 6.27. The van der Waals surface area contributed by atoms with Gasteiger partial charge in [-0.15, -0.1) is 0 Å². The molecule has 2 heteroatoms. The van der Waals surface area contributed by atoms with Crippen molar-refractivity contribution in [3.8, 4) is 0 Å². The zero-order valence-electron chi connectivity index (χ0n) is 12.0. The van der Waals surface area contributed by atoms with Gasteiger partial charge in [-0.2, -0.15) is 0 Å². The summed E-state index contributed by atoms with van der Waals surface area (Å²) in [7, 11) is 0. The van der Waals surface area contributed by atoms with E-state index in [0.29, 0.717) is 6.04 Å². The van der Waals surface area contributed by atoms with E-state index in [1.165, 1.54) is 44.1 Å². The number of hydrogen-bond acceptors (Lipinski definition) is 1. The molecule has 2 rings (SSSR count). The fraction of sp³-hybridized carbons (Fsp3) is 0.647. The first-order valence-corrected chi connectivity index (χ1v) is 8.16.